The zero-order chi connectivity index (χ0) is 23.6. The van der Waals surface area contributed by atoms with Gasteiger partial charge in [-0.05, 0) is 51.5 Å². The number of phenols is 1. The highest BCUT2D eigenvalue weighted by Crippen LogP contribution is 2.39. The van der Waals surface area contributed by atoms with Crippen LogP contribution in [0.25, 0.3) is 22.3 Å². The summed E-state index contributed by atoms with van der Waals surface area (Å²) < 4.78 is 16.6. The van der Waals surface area contributed by atoms with E-state index in [9.17, 15) is 24.9 Å². The number of ether oxygens (including phenoxy) is 2. The molecule has 0 aliphatic rings. The van der Waals surface area contributed by atoms with E-state index in [1.165, 1.54) is 20.1 Å². The summed E-state index contributed by atoms with van der Waals surface area (Å²) >= 11 is 0. The van der Waals surface area contributed by atoms with Crippen LogP contribution in [0.3, 0.4) is 0 Å². The van der Waals surface area contributed by atoms with Gasteiger partial charge in [0.2, 0.25) is 11.2 Å². The first-order valence-electron chi connectivity index (χ1n) is 9.85. The molecule has 1 atom stereocenters. The Labute approximate surface area is 184 Å². The second-order valence-corrected chi connectivity index (χ2v) is 7.50. The minimum absolute atomic E-state index is 0.00343. The van der Waals surface area contributed by atoms with Crippen molar-refractivity contribution in [3.8, 4) is 34.3 Å². The van der Waals surface area contributed by atoms with Gasteiger partial charge >= 0.3 is 5.97 Å². The number of aliphatic carboxylic acids is 1. The number of rotatable bonds is 7. The van der Waals surface area contributed by atoms with Gasteiger partial charge in [0, 0.05) is 17.2 Å². The van der Waals surface area contributed by atoms with Crippen molar-refractivity contribution in [2.45, 2.75) is 33.3 Å². The summed E-state index contributed by atoms with van der Waals surface area (Å²) in [6.07, 6.45) is 0.891. The van der Waals surface area contributed by atoms with Gasteiger partial charge in [0.1, 0.15) is 28.2 Å². The van der Waals surface area contributed by atoms with E-state index in [0.717, 1.165) is 5.57 Å². The smallest absolute Gasteiger partial charge is 0.344 e. The first-order valence-corrected chi connectivity index (χ1v) is 9.85. The number of hydrogen-bond acceptors (Lipinski definition) is 7. The van der Waals surface area contributed by atoms with Crippen molar-refractivity contribution in [2.75, 3.05) is 7.11 Å². The lowest BCUT2D eigenvalue weighted by Gasteiger charge is -2.17. The van der Waals surface area contributed by atoms with Crippen molar-refractivity contribution in [2.24, 2.45) is 0 Å². The number of phenolic OH excluding ortho intramolecular Hbond substituents is 1. The number of benzene rings is 2. The van der Waals surface area contributed by atoms with Crippen molar-refractivity contribution in [1.82, 2.24) is 0 Å². The lowest BCUT2D eigenvalue weighted by atomic mass is 10.0. The molecule has 0 radical (unpaired) electrons. The largest absolute Gasteiger partial charge is 0.507 e. The number of methoxy groups -OCH3 is 1. The van der Waals surface area contributed by atoms with Gasteiger partial charge in [0.05, 0.1) is 7.11 Å². The van der Waals surface area contributed by atoms with Crippen LogP contribution in [0.4, 0.5) is 0 Å². The molecule has 1 heterocycles. The molecule has 0 fully saturated rings. The van der Waals surface area contributed by atoms with Gasteiger partial charge < -0.3 is 29.2 Å². The number of aromatic hydroxyl groups is 2. The number of carboxylic acid groups (broad SMARTS) is 1. The number of hydrogen-bond donors (Lipinski definition) is 3. The number of fused-ring (bicyclic) bond motifs is 1. The molecule has 32 heavy (non-hydrogen) atoms. The Morgan fingerprint density at radius 2 is 1.84 bits per heavy atom. The lowest BCUT2D eigenvalue weighted by molar-refractivity contribution is -0.144. The average molecular weight is 440 g/mol. The predicted octanol–water partition coefficient (Wildman–Crippen LogP) is 4.24. The van der Waals surface area contributed by atoms with Gasteiger partial charge in [-0.1, -0.05) is 11.6 Å². The maximum Gasteiger partial charge on any atom is 0.344 e. The molecule has 168 valence electrons. The molecule has 3 rings (SSSR count). The Balaban J connectivity index is 2.34. The molecule has 1 unspecified atom stereocenters. The summed E-state index contributed by atoms with van der Waals surface area (Å²) in [6, 6.07) is 7.69. The fourth-order valence-electron chi connectivity index (χ4n) is 3.15. The molecule has 3 N–H and O–H groups in total. The van der Waals surface area contributed by atoms with Crippen LogP contribution in [0, 0.1) is 0 Å². The van der Waals surface area contributed by atoms with Crippen molar-refractivity contribution in [1.29, 1.82) is 0 Å². The Morgan fingerprint density at radius 1 is 1.19 bits per heavy atom. The summed E-state index contributed by atoms with van der Waals surface area (Å²) in [6.45, 7) is 5.12. The molecule has 8 nitrogen and oxygen atoms in total. The maximum absolute atomic E-state index is 13.0. The minimum atomic E-state index is -1.21. The standard InChI is InChI=1S/C24H24O8/c1-12(2)5-10-16-18(31-13(3)24(28)29)11-17(25)19-20(26)21(27)22(32-23(16)19)14-6-8-15(30-4)9-7-14/h5-9,11,13,25,27H,10H2,1-4H3,(H,28,29). The monoisotopic (exact) mass is 440 g/mol. The van der Waals surface area contributed by atoms with Gasteiger partial charge in [0.25, 0.3) is 0 Å². The Bertz CT molecular complexity index is 1250. The van der Waals surface area contributed by atoms with Crippen LogP contribution in [0.5, 0.6) is 23.0 Å². The molecule has 3 aromatic rings. The van der Waals surface area contributed by atoms with Crippen LogP contribution in [0.2, 0.25) is 0 Å². The normalized spacial score (nSPS) is 11.8. The van der Waals surface area contributed by atoms with Gasteiger partial charge in [-0.15, -0.1) is 0 Å². The second kappa shape index (κ2) is 9.05. The number of carbonyl (C=O) groups is 1. The van der Waals surface area contributed by atoms with Gasteiger partial charge in [-0.2, -0.15) is 0 Å². The third-order valence-corrected chi connectivity index (χ3v) is 4.90. The third-order valence-electron chi connectivity index (χ3n) is 4.90. The molecule has 0 spiro atoms. The summed E-state index contributed by atoms with van der Waals surface area (Å²) in [4.78, 5) is 24.3. The van der Waals surface area contributed by atoms with E-state index in [2.05, 4.69) is 0 Å². The van der Waals surface area contributed by atoms with E-state index >= 15 is 0 Å². The average Bonchev–Trinajstić information content (AvgIpc) is 2.75. The van der Waals surface area contributed by atoms with Crippen LogP contribution in [0.15, 0.2) is 51.2 Å². The highest BCUT2D eigenvalue weighted by Gasteiger charge is 2.24. The van der Waals surface area contributed by atoms with Crippen molar-refractivity contribution < 1.29 is 34.0 Å². The predicted molar refractivity (Wildman–Crippen MR) is 119 cm³/mol. The molecule has 1 aromatic heterocycles. The molecule has 0 saturated carbocycles. The Kier molecular flexibility index (Phi) is 6.43. The van der Waals surface area contributed by atoms with Gasteiger partial charge in [0.15, 0.2) is 11.9 Å². The molecular formula is C24H24O8. The Hall–Kier alpha value is -3.94. The number of allylic oxidation sites excluding steroid dienone is 2. The summed E-state index contributed by atoms with van der Waals surface area (Å²) in [5.74, 6) is -1.78. The van der Waals surface area contributed by atoms with Crippen molar-refractivity contribution >= 4 is 16.9 Å². The highest BCUT2D eigenvalue weighted by molar-refractivity contribution is 5.91. The molecule has 0 saturated heterocycles. The van der Waals surface area contributed by atoms with Gasteiger partial charge in [-0.25, -0.2) is 4.79 Å². The van der Waals surface area contributed by atoms with E-state index in [0.29, 0.717) is 16.9 Å². The fraction of sp³-hybridized carbons (Fsp3) is 0.250. The summed E-state index contributed by atoms with van der Waals surface area (Å²) in [7, 11) is 1.51. The zero-order valence-corrected chi connectivity index (χ0v) is 18.1. The quantitative estimate of drug-likeness (QED) is 0.466. The second-order valence-electron chi connectivity index (χ2n) is 7.50. The first kappa shape index (κ1) is 22.7. The molecule has 8 heteroatoms. The van der Waals surface area contributed by atoms with Crippen molar-refractivity contribution in [3.05, 3.63) is 57.8 Å². The Morgan fingerprint density at radius 3 is 2.41 bits per heavy atom. The van der Waals surface area contributed by atoms with E-state index < -0.39 is 29.0 Å². The van der Waals surface area contributed by atoms with Crippen LogP contribution in [-0.4, -0.2) is 34.5 Å². The highest BCUT2D eigenvalue weighted by atomic mass is 16.5. The lowest BCUT2D eigenvalue weighted by Crippen LogP contribution is -2.23. The van der Waals surface area contributed by atoms with Crippen LogP contribution in [0.1, 0.15) is 26.3 Å². The fourth-order valence-corrected chi connectivity index (χ4v) is 3.15. The minimum Gasteiger partial charge on any atom is -0.507 e. The maximum atomic E-state index is 13.0. The van der Waals surface area contributed by atoms with E-state index in [-0.39, 0.29) is 28.9 Å². The van der Waals surface area contributed by atoms with E-state index in [1.54, 1.807) is 24.3 Å². The third kappa shape index (κ3) is 4.39. The van der Waals surface area contributed by atoms with E-state index in [1.807, 2.05) is 19.9 Å². The van der Waals surface area contributed by atoms with Crippen LogP contribution in [-0.2, 0) is 11.2 Å². The van der Waals surface area contributed by atoms with Crippen LogP contribution >= 0.6 is 0 Å². The molecule has 0 amide bonds. The SMILES string of the molecule is COc1ccc(-c2oc3c(CC=C(C)C)c(OC(C)C(=O)O)cc(O)c3c(=O)c2O)cc1. The molecule has 0 aliphatic carbocycles. The topological polar surface area (TPSA) is 126 Å². The molecule has 2 aromatic carbocycles. The van der Waals surface area contributed by atoms with Crippen LogP contribution < -0.4 is 14.9 Å². The molecule has 0 bridgehead atoms. The summed E-state index contributed by atoms with van der Waals surface area (Å²) in [5, 5.41) is 30.1. The van der Waals surface area contributed by atoms with Gasteiger partial charge in [-0.3, -0.25) is 4.79 Å². The van der Waals surface area contributed by atoms with Crippen molar-refractivity contribution in [3.63, 3.8) is 0 Å². The molecular weight excluding hydrogens is 416 g/mol. The first-order chi connectivity index (χ1) is 15.1. The summed E-state index contributed by atoms with van der Waals surface area (Å²) in [5.41, 5.74) is 0.952. The number of carboxylic acids is 1. The zero-order valence-electron chi connectivity index (χ0n) is 18.1. The molecule has 0 aliphatic heterocycles. The van der Waals surface area contributed by atoms with E-state index in [4.69, 9.17) is 13.9 Å².